The van der Waals surface area contributed by atoms with E-state index in [4.69, 9.17) is 9.84 Å². The molecule has 1 atom stereocenters. The third kappa shape index (κ3) is 27.5. The molecule has 0 aromatic heterocycles. The monoisotopic (exact) mass is 510 g/mol. The number of hydrogen-bond donors (Lipinski definition) is 1. The maximum absolute atomic E-state index is 12.3. The van der Waals surface area contributed by atoms with E-state index in [1.165, 1.54) is 96.3 Å². The lowest BCUT2D eigenvalue weighted by Crippen LogP contribution is -2.18. The van der Waals surface area contributed by atoms with Gasteiger partial charge in [0.2, 0.25) is 0 Å². The fourth-order valence-electron chi connectivity index (χ4n) is 4.95. The number of aliphatic carboxylic acids is 1. The topological polar surface area (TPSA) is 63.6 Å². The Morgan fingerprint density at radius 3 is 1.25 bits per heavy atom. The van der Waals surface area contributed by atoms with Crippen LogP contribution in [0, 0.1) is 0 Å². The number of unbranched alkanes of at least 4 members (excludes halogenated alkanes) is 20. The van der Waals surface area contributed by atoms with Crippen LogP contribution in [0.1, 0.15) is 187 Å². The molecule has 1 unspecified atom stereocenters. The molecule has 214 valence electrons. The molecule has 0 radical (unpaired) electrons. The summed E-state index contributed by atoms with van der Waals surface area (Å²) in [6.45, 7) is 4.47. The molecule has 0 rings (SSSR count). The number of carbonyl (C=O) groups excluding carboxylic acids is 1. The second-order valence-electron chi connectivity index (χ2n) is 11.0. The molecule has 36 heavy (non-hydrogen) atoms. The van der Waals surface area contributed by atoms with Crippen LogP contribution in [-0.4, -0.2) is 23.1 Å². The highest BCUT2D eigenvalue weighted by Gasteiger charge is 2.14. The van der Waals surface area contributed by atoms with Gasteiger partial charge in [-0.05, 0) is 38.5 Å². The quantitative estimate of drug-likeness (QED) is 0.0802. The number of rotatable bonds is 29. The van der Waals surface area contributed by atoms with E-state index in [9.17, 15) is 9.59 Å². The summed E-state index contributed by atoms with van der Waals surface area (Å²) in [7, 11) is 0. The number of carboxylic acids is 1. The van der Waals surface area contributed by atoms with Crippen LogP contribution in [0.3, 0.4) is 0 Å². The van der Waals surface area contributed by atoms with E-state index < -0.39 is 5.97 Å². The molecule has 0 aliphatic carbocycles. The van der Waals surface area contributed by atoms with E-state index in [0.717, 1.165) is 64.2 Å². The summed E-state index contributed by atoms with van der Waals surface area (Å²) in [5, 5.41) is 8.74. The average molecular weight is 511 g/mol. The first-order chi connectivity index (χ1) is 17.6. The Morgan fingerprint density at radius 2 is 0.833 bits per heavy atom. The summed E-state index contributed by atoms with van der Waals surface area (Å²) in [6, 6.07) is 0. The van der Waals surface area contributed by atoms with Crippen molar-refractivity contribution >= 4 is 11.9 Å². The van der Waals surface area contributed by atoms with Crippen LogP contribution >= 0.6 is 0 Å². The zero-order valence-corrected chi connectivity index (χ0v) is 24.3. The molecule has 0 saturated carbocycles. The van der Waals surface area contributed by atoms with E-state index in [0.29, 0.717) is 6.42 Å². The Labute approximate surface area is 224 Å². The van der Waals surface area contributed by atoms with Crippen LogP contribution in [0.2, 0.25) is 0 Å². The summed E-state index contributed by atoms with van der Waals surface area (Å²) in [5.41, 5.74) is 0. The average Bonchev–Trinajstić information content (AvgIpc) is 2.85. The summed E-state index contributed by atoms with van der Waals surface area (Å²) >= 11 is 0. The van der Waals surface area contributed by atoms with Crippen molar-refractivity contribution in [1.82, 2.24) is 0 Å². The van der Waals surface area contributed by atoms with E-state index in [1.54, 1.807) is 0 Å². The molecule has 4 heteroatoms. The zero-order chi connectivity index (χ0) is 26.5. The minimum atomic E-state index is -0.700. The van der Waals surface area contributed by atoms with E-state index in [1.807, 2.05) is 0 Å². The first-order valence-electron chi connectivity index (χ1n) is 16.0. The third-order valence-electron chi connectivity index (χ3n) is 7.33. The van der Waals surface area contributed by atoms with Gasteiger partial charge in [0.05, 0.1) is 0 Å². The minimum Gasteiger partial charge on any atom is -0.481 e. The highest BCUT2D eigenvalue weighted by Crippen LogP contribution is 2.19. The van der Waals surface area contributed by atoms with Crippen LogP contribution in [0.25, 0.3) is 0 Å². The molecule has 0 aromatic rings. The fraction of sp³-hybridized carbons (Fsp3) is 0.938. The number of carbonyl (C=O) groups is 2. The zero-order valence-electron chi connectivity index (χ0n) is 24.3. The molecule has 0 bridgehead atoms. The van der Waals surface area contributed by atoms with Crippen LogP contribution in [0.5, 0.6) is 0 Å². The van der Waals surface area contributed by atoms with Crippen molar-refractivity contribution in [2.75, 3.05) is 0 Å². The first kappa shape index (κ1) is 34.9. The second kappa shape index (κ2) is 28.5. The van der Waals surface area contributed by atoms with Gasteiger partial charge < -0.3 is 9.84 Å². The Balaban J connectivity index is 3.90. The maximum atomic E-state index is 12.3. The van der Waals surface area contributed by atoms with Gasteiger partial charge in [0.1, 0.15) is 6.10 Å². The predicted octanol–water partition coefficient (Wildman–Crippen LogP) is 10.6. The van der Waals surface area contributed by atoms with Gasteiger partial charge in [0.15, 0.2) is 0 Å². The molecular weight excluding hydrogens is 448 g/mol. The Bertz CT molecular complexity index is 477. The SMILES string of the molecule is CCCCCCCCCCCCCCCCC(CCCCCCCC(=O)O)OC(=O)CCCCCC. The Morgan fingerprint density at radius 1 is 0.500 bits per heavy atom. The standard InChI is InChI=1S/C32H62O4/c1-3-5-7-9-10-11-12-13-14-15-16-17-19-22-26-30(36-32(35)29-25-8-6-4-2)27-23-20-18-21-24-28-31(33)34/h30H,3-29H2,1-2H3,(H,33,34). The van der Waals surface area contributed by atoms with Gasteiger partial charge in [-0.25, -0.2) is 0 Å². The number of ether oxygens (including phenoxy) is 1. The van der Waals surface area contributed by atoms with Gasteiger partial charge in [0, 0.05) is 12.8 Å². The van der Waals surface area contributed by atoms with E-state index in [2.05, 4.69) is 13.8 Å². The van der Waals surface area contributed by atoms with Gasteiger partial charge in [-0.2, -0.15) is 0 Å². The van der Waals surface area contributed by atoms with Crippen LogP contribution in [-0.2, 0) is 14.3 Å². The lowest BCUT2D eigenvalue weighted by atomic mass is 10.0. The predicted molar refractivity (Wildman–Crippen MR) is 154 cm³/mol. The molecule has 0 saturated heterocycles. The highest BCUT2D eigenvalue weighted by atomic mass is 16.5. The van der Waals surface area contributed by atoms with E-state index in [-0.39, 0.29) is 18.5 Å². The van der Waals surface area contributed by atoms with Crippen molar-refractivity contribution in [2.24, 2.45) is 0 Å². The van der Waals surface area contributed by atoms with Gasteiger partial charge in [0.25, 0.3) is 0 Å². The Hall–Kier alpha value is -1.06. The number of carboxylic acid groups (broad SMARTS) is 1. The van der Waals surface area contributed by atoms with Gasteiger partial charge in [-0.3, -0.25) is 9.59 Å². The first-order valence-corrected chi connectivity index (χ1v) is 16.0. The molecule has 0 aromatic carbocycles. The van der Waals surface area contributed by atoms with E-state index >= 15 is 0 Å². The van der Waals surface area contributed by atoms with Crippen molar-refractivity contribution in [3.8, 4) is 0 Å². The molecule has 0 amide bonds. The summed E-state index contributed by atoms with van der Waals surface area (Å²) in [4.78, 5) is 22.9. The van der Waals surface area contributed by atoms with Crippen LogP contribution in [0.15, 0.2) is 0 Å². The summed E-state index contributed by atoms with van der Waals surface area (Å²) in [5.74, 6) is -0.711. The highest BCUT2D eigenvalue weighted by molar-refractivity contribution is 5.69. The lowest BCUT2D eigenvalue weighted by molar-refractivity contribution is -0.150. The fourth-order valence-corrected chi connectivity index (χ4v) is 4.95. The molecule has 0 heterocycles. The number of hydrogen-bond acceptors (Lipinski definition) is 3. The van der Waals surface area contributed by atoms with Gasteiger partial charge >= 0.3 is 11.9 Å². The second-order valence-corrected chi connectivity index (χ2v) is 11.0. The smallest absolute Gasteiger partial charge is 0.306 e. The number of esters is 1. The van der Waals surface area contributed by atoms with Gasteiger partial charge in [-0.1, -0.05) is 136 Å². The third-order valence-corrected chi connectivity index (χ3v) is 7.33. The molecule has 0 fully saturated rings. The molecule has 4 nitrogen and oxygen atoms in total. The molecule has 0 spiro atoms. The van der Waals surface area contributed by atoms with Crippen molar-refractivity contribution < 1.29 is 19.4 Å². The normalized spacial score (nSPS) is 12.1. The molecule has 0 aliphatic rings. The van der Waals surface area contributed by atoms with Crippen molar-refractivity contribution in [1.29, 1.82) is 0 Å². The van der Waals surface area contributed by atoms with Crippen LogP contribution < -0.4 is 0 Å². The molecule has 1 N–H and O–H groups in total. The molecular formula is C32H62O4. The largest absolute Gasteiger partial charge is 0.481 e. The van der Waals surface area contributed by atoms with Crippen molar-refractivity contribution in [2.45, 2.75) is 193 Å². The summed E-state index contributed by atoms with van der Waals surface area (Å²) in [6.07, 6.45) is 31.3. The van der Waals surface area contributed by atoms with Crippen LogP contribution in [0.4, 0.5) is 0 Å². The maximum Gasteiger partial charge on any atom is 0.306 e. The summed E-state index contributed by atoms with van der Waals surface area (Å²) < 4.78 is 5.89. The Kier molecular flexibility index (Phi) is 27.7. The van der Waals surface area contributed by atoms with Crippen molar-refractivity contribution in [3.63, 3.8) is 0 Å². The lowest BCUT2D eigenvalue weighted by Gasteiger charge is -2.18. The minimum absolute atomic E-state index is 0.0112. The van der Waals surface area contributed by atoms with Gasteiger partial charge in [-0.15, -0.1) is 0 Å². The van der Waals surface area contributed by atoms with Crippen molar-refractivity contribution in [3.05, 3.63) is 0 Å². The molecule has 0 aliphatic heterocycles.